The number of esters is 2. The predicted molar refractivity (Wildman–Crippen MR) is 38.7 cm³/mol. The number of carbonyl (C=O) groups excluding carboxylic acids is 2. The van der Waals surface area contributed by atoms with Crippen LogP contribution in [0.5, 0.6) is 0 Å². The number of hydrogen-bond donors (Lipinski definition) is 0. The molecule has 0 spiro atoms. The Morgan fingerprint density at radius 2 is 2.27 bits per heavy atom. The van der Waals surface area contributed by atoms with Crippen LogP contribution < -0.4 is 0 Å². The lowest BCUT2D eigenvalue weighted by atomic mass is 10.1. The Hall–Kier alpha value is -1.28. The summed E-state index contributed by atoms with van der Waals surface area (Å²) < 4.78 is 4.25. The number of rotatable bonds is 1. The molecule has 11 heavy (non-hydrogen) atoms. The Balaban J connectivity index is 0.000001000. The van der Waals surface area contributed by atoms with Crippen LogP contribution in [-0.4, -0.2) is 20.4 Å². The maximum atomic E-state index is 10.6. The molecule has 1 fully saturated rings. The van der Waals surface area contributed by atoms with Gasteiger partial charge in [0.05, 0.1) is 12.3 Å². The van der Waals surface area contributed by atoms with E-state index in [0.29, 0.717) is 0 Å². The highest BCUT2D eigenvalue weighted by Gasteiger charge is 2.30. The summed E-state index contributed by atoms with van der Waals surface area (Å²) in [4.78, 5) is 21.1. The molecule has 1 saturated heterocycles. The molecular formula is C7H6BO3. The van der Waals surface area contributed by atoms with Gasteiger partial charge in [-0.2, -0.15) is 0 Å². The molecule has 1 unspecified atom stereocenters. The second-order valence-corrected chi connectivity index (χ2v) is 1.97. The molecule has 0 saturated carbocycles. The first-order valence-corrected chi connectivity index (χ1v) is 2.84. The van der Waals surface area contributed by atoms with Crippen LogP contribution >= 0.6 is 0 Å². The molecule has 1 heterocycles. The smallest absolute Gasteiger partial charge is 0.321 e. The highest BCUT2D eigenvalue weighted by atomic mass is 16.6. The van der Waals surface area contributed by atoms with Gasteiger partial charge in [-0.1, -0.05) is 6.58 Å². The maximum Gasteiger partial charge on any atom is 0.321 e. The standard InChI is InChI=1S/C7H6O3.B/c1-2-3-5-4-6(8)10-7(5)9;/h3,5H,1,4H2;. The van der Waals surface area contributed by atoms with Crippen LogP contribution in [0.1, 0.15) is 6.42 Å². The molecule has 1 rings (SSSR count). The van der Waals surface area contributed by atoms with Gasteiger partial charge >= 0.3 is 11.9 Å². The molecule has 0 aromatic heterocycles. The second kappa shape index (κ2) is 3.79. The van der Waals surface area contributed by atoms with Crippen molar-refractivity contribution in [2.24, 2.45) is 5.92 Å². The Kier molecular flexibility index (Phi) is 3.35. The first-order chi connectivity index (χ1) is 4.74. The van der Waals surface area contributed by atoms with Gasteiger partial charge < -0.3 is 4.74 Å². The Morgan fingerprint density at radius 3 is 2.64 bits per heavy atom. The molecule has 0 aliphatic carbocycles. The Labute approximate surface area is 66.3 Å². The minimum absolute atomic E-state index is 0. The van der Waals surface area contributed by atoms with Gasteiger partial charge in [-0.15, -0.1) is 5.73 Å². The van der Waals surface area contributed by atoms with Gasteiger partial charge in [-0.3, -0.25) is 9.59 Å². The summed E-state index contributed by atoms with van der Waals surface area (Å²) in [5.41, 5.74) is 2.43. The number of ether oxygens (including phenoxy) is 1. The molecule has 3 radical (unpaired) electrons. The second-order valence-electron chi connectivity index (χ2n) is 1.97. The molecular weight excluding hydrogens is 143 g/mol. The molecule has 0 aromatic rings. The van der Waals surface area contributed by atoms with Crippen molar-refractivity contribution in [1.29, 1.82) is 0 Å². The fraction of sp³-hybridized carbons (Fsp3) is 0.286. The van der Waals surface area contributed by atoms with Gasteiger partial charge in [0.15, 0.2) is 0 Å². The lowest BCUT2D eigenvalue weighted by Gasteiger charge is -1.89. The van der Waals surface area contributed by atoms with E-state index in [0.717, 1.165) is 0 Å². The van der Waals surface area contributed by atoms with Crippen molar-refractivity contribution in [3.8, 4) is 0 Å². The molecule has 0 bridgehead atoms. The Morgan fingerprint density at radius 1 is 1.64 bits per heavy atom. The first kappa shape index (κ1) is 9.72. The van der Waals surface area contributed by atoms with E-state index in [1.165, 1.54) is 6.08 Å². The highest BCUT2D eigenvalue weighted by molar-refractivity contribution is 5.95. The van der Waals surface area contributed by atoms with Crippen LogP contribution in [0, 0.1) is 5.92 Å². The summed E-state index contributed by atoms with van der Waals surface area (Å²) in [6, 6.07) is 0. The van der Waals surface area contributed by atoms with Crippen molar-refractivity contribution in [3.63, 3.8) is 0 Å². The summed E-state index contributed by atoms with van der Waals surface area (Å²) in [6.45, 7) is 3.28. The van der Waals surface area contributed by atoms with Crippen molar-refractivity contribution in [1.82, 2.24) is 0 Å². The van der Waals surface area contributed by atoms with Crippen LogP contribution in [0.15, 0.2) is 18.4 Å². The minimum atomic E-state index is -0.499. The molecule has 3 nitrogen and oxygen atoms in total. The SMILES string of the molecule is C=C=CC1CC(=O)OC1=O.[B]. The zero-order valence-corrected chi connectivity index (χ0v) is 5.87. The molecule has 1 aliphatic rings. The number of carbonyl (C=O) groups is 2. The van der Waals surface area contributed by atoms with E-state index >= 15 is 0 Å². The molecule has 0 aromatic carbocycles. The normalized spacial score (nSPS) is 21.6. The van der Waals surface area contributed by atoms with Crippen molar-refractivity contribution >= 4 is 20.4 Å². The third-order valence-electron chi connectivity index (χ3n) is 1.22. The highest BCUT2D eigenvalue weighted by Crippen LogP contribution is 2.15. The monoisotopic (exact) mass is 149 g/mol. The minimum Gasteiger partial charge on any atom is -0.393 e. The largest absolute Gasteiger partial charge is 0.393 e. The van der Waals surface area contributed by atoms with Crippen LogP contribution in [-0.2, 0) is 14.3 Å². The zero-order valence-electron chi connectivity index (χ0n) is 5.87. The van der Waals surface area contributed by atoms with E-state index in [1.54, 1.807) is 0 Å². The number of hydrogen-bond acceptors (Lipinski definition) is 3. The molecule has 0 N–H and O–H groups in total. The van der Waals surface area contributed by atoms with E-state index in [4.69, 9.17) is 0 Å². The summed E-state index contributed by atoms with van der Waals surface area (Å²) >= 11 is 0. The summed E-state index contributed by atoms with van der Waals surface area (Å²) in [5.74, 6) is -1.42. The molecule has 0 amide bonds. The third-order valence-corrected chi connectivity index (χ3v) is 1.22. The maximum absolute atomic E-state index is 10.6. The van der Waals surface area contributed by atoms with Crippen molar-refractivity contribution in [3.05, 3.63) is 18.4 Å². The summed E-state index contributed by atoms with van der Waals surface area (Å²) in [6.07, 6.45) is 1.56. The summed E-state index contributed by atoms with van der Waals surface area (Å²) in [7, 11) is 0. The van der Waals surface area contributed by atoms with Crippen molar-refractivity contribution in [2.75, 3.05) is 0 Å². The van der Waals surface area contributed by atoms with Crippen LogP contribution in [0.3, 0.4) is 0 Å². The molecule has 55 valence electrons. The average molecular weight is 149 g/mol. The summed E-state index contributed by atoms with van der Waals surface area (Å²) in [5, 5.41) is 0. The molecule has 1 atom stereocenters. The van der Waals surface area contributed by atoms with E-state index in [-0.39, 0.29) is 14.8 Å². The van der Waals surface area contributed by atoms with Crippen molar-refractivity contribution in [2.45, 2.75) is 6.42 Å². The van der Waals surface area contributed by atoms with E-state index in [9.17, 15) is 9.59 Å². The fourth-order valence-electron chi connectivity index (χ4n) is 0.762. The fourth-order valence-corrected chi connectivity index (χ4v) is 0.762. The van der Waals surface area contributed by atoms with Gasteiger partial charge in [-0.05, 0) is 6.08 Å². The van der Waals surface area contributed by atoms with Gasteiger partial charge in [-0.25, -0.2) is 0 Å². The van der Waals surface area contributed by atoms with Gasteiger partial charge in [0, 0.05) is 8.41 Å². The Bertz CT molecular complexity index is 228. The topological polar surface area (TPSA) is 43.4 Å². The average Bonchev–Trinajstić information content (AvgIpc) is 2.13. The van der Waals surface area contributed by atoms with Gasteiger partial charge in [0.25, 0.3) is 0 Å². The first-order valence-electron chi connectivity index (χ1n) is 2.84. The van der Waals surface area contributed by atoms with Crippen LogP contribution in [0.4, 0.5) is 0 Å². The lowest BCUT2D eigenvalue weighted by Crippen LogP contribution is -2.03. The molecule has 1 aliphatic heterocycles. The molecule has 4 heteroatoms. The van der Waals surface area contributed by atoms with Gasteiger partial charge in [0.2, 0.25) is 0 Å². The predicted octanol–water partition coefficient (Wildman–Crippen LogP) is 0.0364. The van der Waals surface area contributed by atoms with Crippen LogP contribution in [0.2, 0.25) is 0 Å². The van der Waals surface area contributed by atoms with Crippen molar-refractivity contribution < 1.29 is 14.3 Å². The van der Waals surface area contributed by atoms with E-state index in [1.807, 2.05) is 0 Å². The number of cyclic esters (lactones) is 2. The van der Waals surface area contributed by atoms with Gasteiger partial charge in [0.1, 0.15) is 0 Å². The third kappa shape index (κ3) is 2.09. The van der Waals surface area contributed by atoms with E-state index < -0.39 is 17.9 Å². The lowest BCUT2D eigenvalue weighted by molar-refractivity contribution is -0.152. The zero-order chi connectivity index (χ0) is 7.56. The quantitative estimate of drug-likeness (QED) is 0.228. The van der Waals surface area contributed by atoms with E-state index in [2.05, 4.69) is 17.0 Å². The van der Waals surface area contributed by atoms with Crippen LogP contribution in [0.25, 0.3) is 0 Å².